The van der Waals surface area contributed by atoms with E-state index in [1.165, 1.54) is 44.4 Å². The molecule has 0 fully saturated rings. The van der Waals surface area contributed by atoms with Gasteiger partial charge in [-0.05, 0) is 55.3 Å². The molecule has 5 nitrogen and oxygen atoms in total. The van der Waals surface area contributed by atoms with Crippen LogP contribution in [0.1, 0.15) is 21.5 Å². The number of carbonyl (C=O) groups excluding carboxylic acids is 1. The Labute approximate surface area is 139 Å². The van der Waals surface area contributed by atoms with Crippen LogP contribution in [0.25, 0.3) is 0 Å². The molecule has 0 aliphatic heterocycles. The third-order valence-electron chi connectivity index (χ3n) is 3.29. The molecular formula is C16H15ClO5S. The fourth-order valence-electron chi connectivity index (χ4n) is 2.06. The van der Waals surface area contributed by atoms with Gasteiger partial charge in [-0.1, -0.05) is 17.7 Å². The molecule has 0 radical (unpaired) electrons. The summed E-state index contributed by atoms with van der Waals surface area (Å²) in [4.78, 5) is 11.6. The predicted molar refractivity (Wildman–Crippen MR) is 86.5 cm³/mol. The Bertz CT molecular complexity index is 859. The van der Waals surface area contributed by atoms with Crippen LogP contribution in [0.2, 0.25) is 5.02 Å². The number of esters is 1. The van der Waals surface area contributed by atoms with E-state index in [-0.39, 0.29) is 21.8 Å². The fourth-order valence-corrected chi connectivity index (χ4v) is 3.35. The highest BCUT2D eigenvalue weighted by atomic mass is 35.5. The quantitative estimate of drug-likeness (QED) is 0.620. The van der Waals surface area contributed by atoms with E-state index < -0.39 is 16.1 Å². The van der Waals surface area contributed by atoms with E-state index in [2.05, 4.69) is 4.74 Å². The number of rotatable bonds is 4. The molecule has 23 heavy (non-hydrogen) atoms. The SMILES string of the molecule is COC(=O)c1cccc(S(=O)(=O)Oc2ccc(Cl)c(C)c2)c1C. The summed E-state index contributed by atoms with van der Waals surface area (Å²) in [6.45, 7) is 3.26. The Balaban J connectivity index is 2.44. The monoisotopic (exact) mass is 354 g/mol. The third-order valence-corrected chi connectivity index (χ3v) is 5.11. The van der Waals surface area contributed by atoms with Gasteiger partial charge in [0.1, 0.15) is 10.6 Å². The standard InChI is InChI=1S/C16H15ClO5S/c1-10-9-12(7-8-14(10)17)22-23(19,20)15-6-4-5-13(11(15)2)16(18)21-3/h4-9H,1-3H3. The summed E-state index contributed by atoms with van der Waals surface area (Å²) in [5.74, 6) is -0.461. The summed E-state index contributed by atoms with van der Waals surface area (Å²) in [5.41, 5.74) is 1.13. The molecule has 7 heteroatoms. The van der Waals surface area contributed by atoms with Gasteiger partial charge in [-0.2, -0.15) is 8.42 Å². The lowest BCUT2D eigenvalue weighted by atomic mass is 10.1. The molecule has 0 aliphatic carbocycles. The second-order valence-corrected chi connectivity index (χ2v) is 6.79. The van der Waals surface area contributed by atoms with Gasteiger partial charge in [-0.3, -0.25) is 0 Å². The van der Waals surface area contributed by atoms with E-state index in [1.54, 1.807) is 13.0 Å². The lowest BCUT2D eigenvalue weighted by Gasteiger charge is -2.12. The van der Waals surface area contributed by atoms with E-state index in [4.69, 9.17) is 15.8 Å². The maximum absolute atomic E-state index is 12.5. The first-order valence-corrected chi connectivity index (χ1v) is 8.43. The van der Waals surface area contributed by atoms with Crippen LogP contribution in [-0.4, -0.2) is 21.5 Å². The predicted octanol–water partition coefficient (Wildman–Crippen LogP) is 3.51. The highest BCUT2D eigenvalue weighted by molar-refractivity contribution is 7.87. The molecule has 0 atom stereocenters. The van der Waals surface area contributed by atoms with Crippen LogP contribution in [0, 0.1) is 13.8 Å². The lowest BCUT2D eigenvalue weighted by Crippen LogP contribution is -2.14. The van der Waals surface area contributed by atoms with Crippen LogP contribution in [-0.2, 0) is 14.9 Å². The number of hydrogen-bond acceptors (Lipinski definition) is 5. The Kier molecular flexibility index (Phi) is 4.97. The van der Waals surface area contributed by atoms with Crippen LogP contribution < -0.4 is 4.18 Å². The molecule has 0 aliphatic rings. The molecule has 0 aromatic heterocycles. The van der Waals surface area contributed by atoms with E-state index in [0.29, 0.717) is 10.6 Å². The summed E-state index contributed by atoms with van der Waals surface area (Å²) >= 11 is 5.91. The second-order valence-electron chi connectivity index (χ2n) is 4.87. The van der Waals surface area contributed by atoms with Gasteiger partial charge in [0.15, 0.2) is 0 Å². The molecule has 0 saturated heterocycles. The second kappa shape index (κ2) is 6.60. The van der Waals surface area contributed by atoms with Crippen molar-refractivity contribution < 1.29 is 22.1 Å². The number of aryl methyl sites for hydroxylation is 1. The largest absolute Gasteiger partial charge is 0.465 e. The van der Waals surface area contributed by atoms with Gasteiger partial charge >= 0.3 is 16.1 Å². The van der Waals surface area contributed by atoms with Crippen molar-refractivity contribution in [2.45, 2.75) is 18.7 Å². The minimum Gasteiger partial charge on any atom is -0.465 e. The average molecular weight is 355 g/mol. The number of benzene rings is 2. The molecule has 0 amide bonds. The van der Waals surface area contributed by atoms with Crippen molar-refractivity contribution in [3.05, 3.63) is 58.1 Å². The van der Waals surface area contributed by atoms with Crippen molar-refractivity contribution in [1.82, 2.24) is 0 Å². The van der Waals surface area contributed by atoms with Crippen molar-refractivity contribution in [2.75, 3.05) is 7.11 Å². The third kappa shape index (κ3) is 3.65. The van der Waals surface area contributed by atoms with Crippen molar-refractivity contribution >= 4 is 27.7 Å². The van der Waals surface area contributed by atoms with E-state index in [1.807, 2.05) is 0 Å². The molecule has 122 valence electrons. The van der Waals surface area contributed by atoms with Crippen LogP contribution in [0.3, 0.4) is 0 Å². The van der Waals surface area contributed by atoms with Gasteiger partial charge in [0.2, 0.25) is 0 Å². The molecule has 0 spiro atoms. The Morgan fingerprint density at radius 1 is 1.13 bits per heavy atom. The van der Waals surface area contributed by atoms with Crippen molar-refractivity contribution in [3.8, 4) is 5.75 Å². The van der Waals surface area contributed by atoms with E-state index in [0.717, 1.165) is 0 Å². The molecule has 2 aromatic rings. The van der Waals surface area contributed by atoms with E-state index >= 15 is 0 Å². The highest BCUT2D eigenvalue weighted by Crippen LogP contribution is 2.26. The minimum absolute atomic E-state index is 0.0898. The number of methoxy groups -OCH3 is 1. The summed E-state index contributed by atoms with van der Waals surface area (Å²) in [7, 11) is -2.86. The van der Waals surface area contributed by atoms with Gasteiger partial charge in [0.05, 0.1) is 12.7 Å². The lowest BCUT2D eigenvalue weighted by molar-refractivity contribution is 0.0599. The normalized spacial score (nSPS) is 11.1. The van der Waals surface area contributed by atoms with Gasteiger partial charge in [0, 0.05) is 5.02 Å². The molecular weight excluding hydrogens is 340 g/mol. The number of carbonyl (C=O) groups is 1. The molecule has 0 unspecified atom stereocenters. The summed E-state index contributed by atoms with van der Waals surface area (Å²) in [5, 5.41) is 0.513. The van der Waals surface area contributed by atoms with Gasteiger partial charge in [-0.25, -0.2) is 4.79 Å². The highest BCUT2D eigenvalue weighted by Gasteiger charge is 2.23. The van der Waals surface area contributed by atoms with Crippen LogP contribution in [0.5, 0.6) is 5.75 Å². The zero-order valence-electron chi connectivity index (χ0n) is 12.8. The first-order valence-electron chi connectivity index (χ1n) is 6.65. The molecule has 2 aromatic carbocycles. The smallest absolute Gasteiger partial charge is 0.339 e. The summed E-state index contributed by atoms with van der Waals surface area (Å²) in [6.07, 6.45) is 0. The Morgan fingerprint density at radius 2 is 1.83 bits per heavy atom. The maximum Gasteiger partial charge on any atom is 0.339 e. The van der Waals surface area contributed by atoms with Crippen LogP contribution in [0.4, 0.5) is 0 Å². The molecule has 0 N–H and O–H groups in total. The van der Waals surface area contributed by atoms with E-state index in [9.17, 15) is 13.2 Å². The number of halogens is 1. The Hall–Kier alpha value is -2.05. The van der Waals surface area contributed by atoms with Gasteiger partial charge in [0.25, 0.3) is 0 Å². The van der Waals surface area contributed by atoms with Crippen molar-refractivity contribution in [3.63, 3.8) is 0 Å². The minimum atomic E-state index is -4.09. The van der Waals surface area contributed by atoms with Crippen molar-refractivity contribution in [1.29, 1.82) is 0 Å². The van der Waals surface area contributed by atoms with Crippen molar-refractivity contribution in [2.24, 2.45) is 0 Å². The van der Waals surface area contributed by atoms with Crippen LogP contribution in [0.15, 0.2) is 41.3 Å². The average Bonchev–Trinajstić information content (AvgIpc) is 2.50. The first-order chi connectivity index (χ1) is 10.8. The Morgan fingerprint density at radius 3 is 2.43 bits per heavy atom. The topological polar surface area (TPSA) is 69.7 Å². The zero-order chi connectivity index (χ0) is 17.2. The fraction of sp³-hybridized carbons (Fsp3) is 0.188. The summed E-state index contributed by atoms with van der Waals surface area (Å²) in [6, 6.07) is 8.88. The first kappa shape index (κ1) is 17.3. The molecule has 0 bridgehead atoms. The molecule has 2 rings (SSSR count). The van der Waals surface area contributed by atoms with Crippen LogP contribution >= 0.6 is 11.6 Å². The maximum atomic E-state index is 12.5. The van der Waals surface area contributed by atoms with Gasteiger partial charge < -0.3 is 8.92 Å². The zero-order valence-corrected chi connectivity index (χ0v) is 14.4. The summed E-state index contributed by atoms with van der Waals surface area (Å²) < 4.78 is 34.7. The van der Waals surface area contributed by atoms with Gasteiger partial charge in [-0.15, -0.1) is 0 Å². The number of hydrogen-bond donors (Lipinski definition) is 0. The number of ether oxygens (including phenoxy) is 1. The molecule has 0 heterocycles. The molecule has 0 saturated carbocycles.